The molecule has 0 aliphatic heterocycles. The van der Waals surface area contributed by atoms with E-state index in [0.29, 0.717) is 0 Å². The highest BCUT2D eigenvalue weighted by Crippen LogP contribution is 2.16. The summed E-state index contributed by atoms with van der Waals surface area (Å²) in [5, 5.41) is 4.11. The third-order valence-corrected chi connectivity index (χ3v) is 2.80. The second-order valence-corrected chi connectivity index (χ2v) is 4.22. The van der Waals surface area contributed by atoms with Crippen LogP contribution in [0.4, 0.5) is 4.39 Å². The Morgan fingerprint density at radius 3 is 2.65 bits per heavy atom. The molecule has 0 bridgehead atoms. The van der Waals surface area contributed by atoms with Gasteiger partial charge in [-0.1, -0.05) is 12.1 Å². The number of hydrogen-bond donors (Lipinski definition) is 1. The first kappa shape index (κ1) is 11.8. The fourth-order valence-corrected chi connectivity index (χ4v) is 1.80. The predicted molar refractivity (Wildman–Crippen MR) is 64.9 cm³/mol. The van der Waals surface area contributed by atoms with Crippen molar-refractivity contribution in [2.45, 2.75) is 18.9 Å². The van der Waals surface area contributed by atoms with E-state index < -0.39 is 0 Å². The highest BCUT2D eigenvalue weighted by molar-refractivity contribution is 5.20. The summed E-state index contributed by atoms with van der Waals surface area (Å²) in [5.41, 5.74) is 8.19. The van der Waals surface area contributed by atoms with Crippen LogP contribution in [0.5, 0.6) is 0 Å². The molecule has 4 heteroatoms. The van der Waals surface area contributed by atoms with Crippen molar-refractivity contribution in [3.63, 3.8) is 0 Å². The zero-order valence-electron chi connectivity index (χ0n) is 9.81. The van der Waals surface area contributed by atoms with Gasteiger partial charge in [-0.05, 0) is 36.1 Å². The summed E-state index contributed by atoms with van der Waals surface area (Å²) in [4.78, 5) is 0. The summed E-state index contributed by atoms with van der Waals surface area (Å²) in [6, 6.07) is 6.31. The molecule has 0 fully saturated rings. The molecule has 1 unspecified atom stereocenters. The van der Waals surface area contributed by atoms with Crippen LogP contribution in [0.25, 0.3) is 0 Å². The van der Waals surface area contributed by atoms with Crippen LogP contribution in [0, 0.1) is 5.82 Å². The van der Waals surface area contributed by atoms with Crippen molar-refractivity contribution in [1.29, 1.82) is 0 Å². The number of nitrogens with two attached hydrogens (primary N) is 1. The number of hydrogen-bond acceptors (Lipinski definition) is 2. The first-order valence-electron chi connectivity index (χ1n) is 5.64. The van der Waals surface area contributed by atoms with Crippen LogP contribution in [0.1, 0.15) is 23.6 Å². The lowest BCUT2D eigenvalue weighted by atomic mass is 10.0. The van der Waals surface area contributed by atoms with Crippen molar-refractivity contribution >= 4 is 0 Å². The summed E-state index contributed by atoms with van der Waals surface area (Å²) in [6.45, 7) is 0. The molecule has 2 rings (SSSR count). The Bertz CT molecular complexity index is 476. The number of aromatic nitrogens is 2. The average molecular weight is 233 g/mol. The second-order valence-electron chi connectivity index (χ2n) is 4.22. The van der Waals surface area contributed by atoms with E-state index in [1.165, 1.54) is 17.7 Å². The minimum atomic E-state index is -0.229. The van der Waals surface area contributed by atoms with Crippen molar-refractivity contribution in [3.8, 4) is 0 Å². The standard InChI is InChI=1S/C13H16FN3/c1-17-9-10(8-16-17)2-7-13(15)11-3-5-12(14)6-4-11/h3-6,8-9,13H,2,7,15H2,1H3. The molecule has 0 spiro atoms. The van der Waals surface area contributed by atoms with Gasteiger partial charge in [0.1, 0.15) is 5.82 Å². The van der Waals surface area contributed by atoms with Gasteiger partial charge in [-0.3, -0.25) is 4.68 Å². The van der Waals surface area contributed by atoms with Gasteiger partial charge in [-0.25, -0.2) is 4.39 Å². The van der Waals surface area contributed by atoms with Crippen molar-refractivity contribution < 1.29 is 4.39 Å². The number of rotatable bonds is 4. The maximum atomic E-state index is 12.8. The van der Waals surface area contributed by atoms with Gasteiger partial charge in [-0.15, -0.1) is 0 Å². The molecule has 3 nitrogen and oxygen atoms in total. The van der Waals surface area contributed by atoms with E-state index >= 15 is 0 Å². The Morgan fingerprint density at radius 2 is 2.06 bits per heavy atom. The van der Waals surface area contributed by atoms with Crippen LogP contribution >= 0.6 is 0 Å². The Labute approximate surface area is 100 Å². The van der Waals surface area contributed by atoms with Crippen molar-refractivity contribution in [1.82, 2.24) is 9.78 Å². The van der Waals surface area contributed by atoms with Crippen LogP contribution in [0.2, 0.25) is 0 Å². The summed E-state index contributed by atoms with van der Waals surface area (Å²) in [6.07, 6.45) is 5.54. The highest BCUT2D eigenvalue weighted by Gasteiger charge is 2.07. The van der Waals surface area contributed by atoms with Crippen LogP contribution in [-0.4, -0.2) is 9.78 Å². The monoisotopic (exact) mass is 233 g/mol. The van der Waals surface area contributed by atoms with Crippen molar-refractivity contribution in [3.05, 3.63) is 53.6 Å². The van der Waals surface area contributed by atoms with Gasteiger partial charge in [0.25, 0.3) is 0 Å². The largest absolute Gasteiger partial charge is 0.324 e. The number of nitrogens with zero attached hydrogens (tertiary/aromatic N) is 2. The summed E-state index contributed by atoms with van der Waals surface area (Å²) >= 11 is 0. The Kier molecular flexibility index (Phi) is 3.54. The predicted octanol–water partition coefficient (Wildman–Crippen LogP) is 2.19. The molecule has 17 heavy (non-hydrogen) atoms. The lowest BCUT2D eigenvalue weighted by Crippen LogP contribution is -2.11. The van der Waals surface area contributed by atoms with Gasteiger partial charge in [0.05, 0.1) is 6.20 Å². The quantitative estimate of drug-likeness (QED) is 0.879. The van der Waals surface area contributed by atoms with Gasteiger partial charge in [0, 0.05) is 19.3 Å². The zero-order chi connectivity index (χ0) is 12.3. The number of benzene rings is 1. The van der Waals surface area contributed by atoms with Gasteiger partial charge >= 0.3 is 0 Å². The molecule has 2 N–H and O–H groups in total. The molecule has 1 aromatic heterocycles. The van der Waals surface area contributed by atoms with Crippen LogP contribution in [-0.2, 0) is 13.5 Å². The van der Waals surface area contributed by atoms with Crippen molar-refractivity contribution in [2.24, 2.45) is 12.8 Å². The van der Waals surface area contributed by atoms with E-state index in [-0.39, 0.29) is 11.9 Å². The maximum Gasteiger partial charge on any atom is 0.123 e. The third kappa shape index (κ3) is 3.14. The van der Waals surface area contributed by atoms with Gasteiger partial charge in [0.2, 0.25) is 0 Å². The molecule has 1 atom stereocenters. The molecular weight excluding hydrogens is 217 g/mol. The van der Waals surface area contributed by atoms with E-state index in [0.717, 1.165) is 18.4 Å². The first-order chi connectivity index (χ1) is 8.15. The minimum Gasteiger partial charge on any atom is -0.324 e. The molecule has 2 aromatic rings. The molecule has 0 amide bonds. The molecule has 0 radical (unpaired) electrons. The lowest BCUT2D eigenvalue weighted by molar-refractivity contribution is 0.619. The third-order valence-electron chi connectivity index (χ3n) is 2.80. The molecule has 1 heterocycles. The molecular formula is C13H16FN3. The van der Waals surface area contributed by atoms with Gasteiger partial charge < -0.3 is 5.73 Å². The topological polar surface area (TPSA) is 43.8 Å². The molecule has 0 saturated carbocycles. The minimum absolute atomic E-state index is 0.0594. The summed E-state index contributed by atoms with van der Waals surface area (Å²) < 4.78 is 14.5. The number of aryl methyl sites for hydroxylation is 2. The number of halogens is 1. The SMILES string of the molecule is Cn1cc(CCC(N)c2ccc(F)cc2)cn1. The normalized spacial score (nSPS) is 12.6. The fourth-order valence-electron chi connectivity index (χ4n) is 1.80. The van der Waals surface area contributed by atoms with E-state index in [2.05, 4.69) is 5.10 Å². The molecule has 90 valence electrons. The smallest absolute Gasteiger partial charge is 0.123 e. The van der Waals surface area contributed by atoms with Gasteiger partial charge in [0.15, 0.2) is 0 Å². The van der Waals surface area contributed by atoms with E-state index in [4.69, 9.17) is 5.73 Å². The zero-order valence-corrected chi connectivity index (χ0v) is 9.81. The Morgan fingerprint density at radius 1 is 1.35 bits per heavy atom. The fraction of sp³-hybridized carbons (Fsp3) is 0.308. The van der Waals surface area contributed by atoms with E-state index in [1.54, 1.807) is 16.8 Å². The summed E-state index contributed by atoms with van der Waals surface area (Å²) in [5.74, 6) is -0.229. The van der Waals surface area contributed by atoms with E-state index in [9.17, 15) is 4.39 Å². The Balaban J connectivity index is 1.93. The highest BCUT2D eigenvalue weighted by atomic mass is 19.1. The summed E-state index contributed by atoms with van der Waals surface area (Å²) in [7, 11) is 1.89. The van der Waals surface area contributed by atoms with Crippen LogP contribution in [0.15, 0.2) is 36.7 Å². The lowest BCUT2D eigenvalue weighted by Gasteiger charge is -2.10. The molecule has 0 aliphatic carbocycles. The van der Waals surface area contributed by atoms with Crippen LogP contribution in [0.3, 0.4) is 0 Å². The van der Waals surface area contributed by atoms with Crippen molar-refractivity contribution in [2.75, 3.05) is 0 Å². The maximum absolute atomic E-state index is 12.8. The first-order valence-corrected chi connectivity index (χ1v) is 5.64. The van der Waals surface area contributed by atoms with Crippen LogP contribution < -0.4 is 5.73 Å². The molecule has 1 aromatic carbocycles. The molecule has 0 saturated heterocycles. The second kappa shape index (κ2) is 5.10. The van der Waals surface area contributed by atoms with E-state index in [1.807, 2.05) is 19.4 Å². The average Bonchev–Trinajstić information content (AvgIpc) is 2.73. The Hall–Kier alpha value is -1.68. The van der Waals surface area contributed by atoms with Gasteiger partial charge in [-0.2, -0.15) is 5.10 Å². The molecule has 0 aliphatic rings.